The van der Waals surface area contributed by atoms with Crippen LogP contribution in [0.3, 0.4) is 0 Å². The molecule has 1 aromatic rings. The van der Waals surface area contributed by atoms with Gasteiger partial charge in [0.15, 0.2) is 17.5 Å². The van der Waals surface area contributed by atoms with Crippen molar-refractivity contribution in [3.63, 3.8) is 0 Å². The average molecular weight is 587 g/mol. The molecule has 0 amide bonds. The lowest BCUT2D eigenvalue weighted by molar-refractivity contribution is -0.345. The number of rotatable bonds is 4. The Kier molecular flexibility index (Phi) is 7.20. The van der Waals surface area contributed by atoms with Crippen molar-refractivity contribution in [1.82, 2.24) is 0 Å². The van der Waals surface area contributed by atoms with Gasteiger partial charge in [0.2, 0.25) is 0 Å². The number of aliphatic hydroxyl groups is 3. The van der Waals surface area contributed by atoms with Crippen LogP contribution in [0.1, 0.15) is 64.7 Å². The Morgan fingerprint density at radius 2 is 1.64 bits per heavy atom. The molecule has 3 aliphatic carbocycles. The summed E-state index contributed by atoms with van der Waals surface area (Å²) in [6, 6.07) is 8.05. The SMILES string of the molecule is CC(=O)O[C@H]1C(=O)[C@@]2(C)[C@H]([C@H](OC(=O)c3ccccc3)[C@]3(O)CC(O)C(C)=C1C3(C)C)[C@]1(OC(C)=O)CO[C@@H]1C[C@@H]2O. The molecule has 1 saturated heterocycles. The lowest BCUT2D eigenvalue weighted by Crippen LogP contribution is -2.81. The number of aliphatic hydroxyl groups excluding tert-OH is 2. The fourth-order valence-electron chi connectivity index (χ4n) is 7.91. The van der Waals surface area contributed by atoms with E-state index >= 15 is 0 Å². The van der Waals surface area contributed by atoms with Crippen LogP contribution in [-0.2, 0) is 33.3 Å². The van der Waals surface area contributed by atoms with E-state index in [9.17, 15) is 34.5 Å². The van der Waals surface area contributed by atoms with Gasteiger partial charge in [-0.2, -0.15) is 0 Å². The highest BCUT2D eigenvalue weighted by Crippen LogP contribution is 2.64. The summed E-state index contributed by atoms with van der Waals surface area (Å²) in [7, 11) is 0. The Bertz CT molecular complexity index is 1350. The number of carbonyl (C=O) groups is 4. The highest BCUT2D eigenvalue weighted by atomic mass is 16.6. The third-order valence-corrected chi connectivity index (χ3v) is 10.2. The maximum absolute atomic E-state index is 14.8. The minimum Gasteiger partial charge on any atom is -0.455 e. The largest absolute Gasteiger partial charge is 0.455 e. The lowest BCUT2D eigenvalue weighted by atomic mass is 9.44. The third-order valence-electron chi connectivity index (χ3n) is 10.2. The van der Waals surface area contributed by atoms with Crippen molar-refractivity contribution in [2.45, 2.75) is 96.1 Å². The van der Waals surface area contributed by atoms with Crippen molar-refractivity contribution in [2.24, 2.45) is 16.7 Å². The average Bonchev–Trinajstić information content (AvgIpc) is 2.90. The normalized spacial score (nSPS) is 40.4. The summed E-state index contributed by atoms with van der Waals surface area (Å²) in [6.45, 7) is 8.42. The number of carbonyl (C=O) groups excluding carboxylic acids is 4. The number of hydrogen-bond donors (Lipinski definition) is 3. The van der Waals surface area contributed by atoms with Crippen molar-refractivity contribution in [2.75, 3.05) is 6.61 Å². The predicted molar refractivity (Wildman–Crippen MR) is 145 cm³/mol. The number of benzene rings is 1. The van der Waals surface area contributed by atoms with Crippen LogP contribution in [0, 0.1) is 16.7 Å². The van der Waals surface area contributed by atoms with Crippen LogP contribution in [0.15, 0.2) is 41.5 Å². The van der Waals surface area contributed by atoms with Crippen molar-refractivity contribution < 1.29 is 53.4 Å². The smallest absolute Gasteiger partial charge is 0.338 e. The second-order valence-electron chi connectivity index (χ2n) is 12.8. The van der Waals surface area contributed by atoms with E-state index in [4.69, 9.17) is 18.9 Å². The molecule has 3 N–H and O–H groups in total. The van der Waals surface area contributed by atoms with E-state index in [2.05, 4.69) is 0 Å². The van der Waals surface area contributed by atoms with Crippen molar-refractivity contribution in [1.29, 1.82) is 0 Å². The van der Waals surface area contributed by atoms with E-state index in [1.54, 1.807) is 39.0 Å². The molecule has 1 heterocycles. The number of Topliss-reactive ketones (excluding diaryl/α,β-unsaturated/α-hetero) is 1. The first-order valence-electron chi connectivity index (χ1n) is 14.1. The fraction of sp³-hybridized carbons (Fsp3) is 0.613. The van der Waals surface area contributed by atoms with Crippen molar-refractivity contribution in [3.8, 4) is 0 Å². The summed E-state index contributed by atoms with van der Waals surface area (Å²) in [5.74, 6) is -4.41. The lowest BCUT2D eigenvalue weighted by Gasteiger charge is -2.67. The third kappa shape index (κ3) is 4.08. The molecule has 2 bridgehead atoms. The van der Waals surface area contributed by atoms with Gasteiger partial charge >= 0.3 is 17.9 Å². The number of fused-ring (bicyclic) bond motifs is 5. The molecule has 42 heavy (non-hydrogen) atoms. The van der Waals surface area contributed by atoms with Crippen LogP contribution >= 0.6 is 0 Å². The molecular weight excluding hydrogens is 548 g/mol. The molecule has 9 atom stereocenters. The zero-order valence-electron chi connectivity index (χ0n) is 24.6. The molecule has 0 aromatic heterocycles. The molecule has 5 rings (SSSR count). The maximum Gasteiger partial charge on any atom is 0.338 e. The summed E-state index contributed by atoms with van der Waals surface area (Å²) < 4.78 is 23.5. The molecular formula is C31H38O11. The van der Waals surface area contributed by atoms with Gasteiger partial charge in [0.1, 0.15) is 17.8 Å². The van der Waals surface area contributed by atoms with E-state index in [-0.39, 0.29) is 30.6 Å². The van der Waals surface area contributed by atoms with Gasteiger partial charge in [-0.15, -0.1) is 0 Å². The molecule has 0 spiro atoms. The van der Waals surface area contributed by atoms with Crippen molar-refractivity contribution in [3.05, 3.63) is 47.0 Å². The highest BCUT2D eigenvalue weighted by molar-refractivity contribution is 5.95. The first-order chi connectivity index (χ1) is 19.5. The summed E-state index contributed by atoms with van der Waals surface area (Å²) in [5, 5.41) is 35.8. The maximum atomic E-state index is 14.8. The standard InChI is InChI=1S/C31H38O11/c1-15-19(34)13-31(38)26(41-27(37)18-10-8-7-9-11-18)24-29(6,20(35)12-21-30(24,14-39-21)42-17(3)33)25(36)23(40-16(2)32)22(15)28(31,4)5/h7-11,19-21,23-24,26,34-35,38H,12-14H2,1-6H3/t19?,20-,21+,23+,24-,26-,29+,30-,31+/m0/s1. The van der Waals surface area contributed by atoms with Gasteiger partial charge in [0.05, 0.1) is 35.7 Å². The number of hydrogen-bond acceptors (Lipinski definition) is 11. The fourth-order valence-corrected chi connectivity index (χ4v) is 7.91. The van der Waals surface area contributed by atoms with Crippen LogP contribution in [0.25, 0.3) is 0 Å². The second kappa shape index (κ2) is 9.97. The Balaban J connectivity index is 1.84. The highest BCUT2D eigenvalue weighted by Gasteiger charge is 2.78. The summed E-state index contributed by atoms with van der Waals surface area (Å²) >= 11 is 0. The first-order valence-corrected chi connectivity index (χ1v) is 14.1. The molecule has 0 radical (unpaired) electrons. The van der Waals surface area contributed by atoms with Gasteiger partial charge < -0.3 is 34.3 Å². The second-order valence-corrected chi connectivity index (χ2v) is 12.8. The van der Waals surface area contributed by atoms with E-state index in [0.717, 1.165) is 6.92 Å². The molecule has 11 heteroatoms. The van der Waals surface area contributed by atoms with Gasteiger partial charge in [-0.3, -0.25) is 14.4 Å². The number of esters is 3. The van der Waals surface area contributed by atoms with Crippen LogP contribution in [-0.4, -0.2) is 87.3 Å². The summed E-state index contributed by atoms with van der Waals surface area (Å²) in [4.78, 5) is 53.4. The Morgan fingerprint density at radius 1 is 1.00 bits per heavy atom. The molecule has 1 aromatic carbocycles. The van der Waals surface area contributed by atoms with Gasteiger partial charge in [-0.05, 0) is 37.1 Å². The Labute approximate surface area is 243 Å². The van der Waals surface area contributed by atoms with E-state index in [1.165, 1.54) is 26.0 Å². The molecule has 1 aliphatic heterocycles. The molecule has 1 unspecified atom stereocenters. The van der Waals surface area contributed by atoms with E-state index < -0.39 is 82.2 Å². The van der Waals surface area contributed by atoms with Gasteiger partial charge in [0.25, 0.3) is 0 Å². The summed E-state index contributed by atoms with van der Waals surface area (Å²) in [6.07, 6.45) is -7.27. The van der Waals surface area contributed by atoms with Crippen LogP contribution in [0.2, 0.25) is 0 Å². The minimum absolute atomic E-state index is 0.110. The Morgan fingerprint density at radius 3 is 2.19 bits per heavy atom. The number of ketones is 1. The van der Waals surface area contributed by atoms with E-state index in [0.29, 0.717) is 5.57 Å². The first kappa shape index (κ1) is 30.3. The zero-order chi connectivity index (χ0) is 31.0. The number of ether oxygens (including phenoxy) is 4. The zero-order valence-corrected chi connectivity index (χ0v) is 24.6. The van der Waals surface area contributed by atoms with E-state index in [1.807, 2.05) is 0 Å². The van der Waals surface area contributed by atoms with Crippen LogP contribution < -0.4 is 0 Å². The summed E-state index contributed by atoms with van der Waals surface area (Å²) in [5.41, 5.74) is -6.38. The Hall–Kier alpha value is -3.12. The van der Waals surface area contributed by atoms with Gasteiger partial charge in [-0.25, -0.2) is 4.79 Å². The van der Waals surface area contributed by atoms with Gasteiger partial charge in [0, 0.05) is 32.1 Å². The van der Waals surface area contributed by atoms with Crippen LogP contribution in [0.5, 0.6) is 0 Å². The minimum atomic E-state index is -2.11. The molecule has 4 aliphatic rings. The molecule has 3 fully saturated rings. The molecule has 11 nitrogen and oxygen atoms in total. The quantitative estimate of drug-likeness (QED) is 0.267. The molecule has 2 saturated carbocycles. The molecule has 228 valence electrons. The predicted octanol–water partition coefficient (Wildman–Crippen LogP) is 1.65. The van der Waals surface area contributed by atoms with Crippen molar-refractivity contribution >= 4 is 23.7 Å². The monoisotopic (exact) mass is 586 g/mol. The van der Waals surface area contributed by atoms with Crippen LogP contribution in [0.4, 0.5) is 0 Å². The topological polar surface area (TPSA) is 166 Å². The van der Waals surface area contributed by atoms with Gasteiger partial charge in [-0.1, -0.05) is 32.0 Å².